The van der Waals surface area contributed by atoms with E-state index in [9.17, 15) is 12.2 Å². The molecule has 0 unspecified atom stereocenters. The van der Waals surface area contributed by atoms with Crippen molar-refractivity contribution in [3.63, 3.8) is 0 Å². The first-order valence-corrected chi connectivity index (χ1v) is 8.17. The molecule has 0 saturated carbocycles. The van der Waals surface area contributed by atoms with Crippen LogP contribution in [0.1, 0.15) is 0 Å². The Labute approximate surface area is 111 Å². The van der Waals surface area contributed by atoms with E-state index in [0.717, 1.165) is 24.3 Å². The van der Waals surface area contributed by atoms with Crippen molar-refractivity contribution in [2.24, 2.45) is 0 Å². The van der Waals surface area contributed by atoms with Gasteiger partial charge in [0.05, 0.1) is 0 Å². The maximum Gasteiger partial charge on any atom is 1.00 e. The summed E-state index contributed by atoms with van der Waals surface area (Å²) in [6.07, 6.45) is 0. The number of hydrogen-bond acceptors (Lipinski definition) is 3. The van der Waals surface area contributed by atoms with E-state index in [1.807, 2.05) is 0 Å². The summed E-state index contributed by atoms with van der Waals surface area (Å²) >= 11 is -4.97. The Kier molecular flexibility index (Phi) is 5.30. The molecule has 1 rings (SSSR count). The van der Waals surface area contributed by atoms with Crippen LogP contribution in [0.15, 0.2) is 29.2 Å². The van der Waals surface area contributed by atoms with Crippen LogP contribution in [0.5, 0.6) is 0 Å². The molecule has 0 aliphatic heterocycles. The van der Waals surface area contributed by atoms with E-state index in [1.54, 1.807) is 0 Å². The molecule has 15 heavy (non-hydrogen) atoms. The summed E-state index contributed by atoms with van der Waals surface area (Å²) in [4.78, 5) is -0.398. The predicted octanol–water partition coefficient (Wildman–Crippen LogP) is -4.50. The van der Waals surface area contributed by atoms with Crippen LogP contribution in [0.25, 0.3) is 0 Å². The van der Waals surface area contributed by atoms with Gasteiger partial charge in [-0.2, -0.15) is 0 Å². The fourth-order valence-electron chi connectivity index (χ4n) is 0.812. The first-order chi connectivity index (χ1) is 6.21. The van der Waals surface area contributed by atoms with Crippen LogP contribution in [0.2, 0.25) is 0 Å². The van der Waals surface area contributed by atoms with Crippen LogP contribution in [0.3, 0.4) is 0 Å². The quantitative estimate of drug-likeness (QED) is 0.375. The van der Waals surface area contributed by atoms with Gasteiger partial charge in [-0.25, -0.2) is 0 Å². The molecule has 0 aliphatic carbocycles. The fraction of sp³-hybridized carbons (Fsp3) is 0. The standard InChI is InChI=1S/C6H7AsO6S.Na/c8-7(9,10)5-1-3-6(4-2-5)14(11,12)13;/h1-4H,(H2,8,9,10)(H,11,12,13);/q;+1. The van der Waals surface area contributed by atoms with E-state index in [4.69, 9.17) is 12.7 Å². The summed E-state index contributed by atoms with van der Waals surface area (Å²) in [5.74, 6) is 0. The van der Waals surface area contributed by atoms with Crippen molar-refractivity contribution >= 4 is 28.6 Å². The van der Waals surface area contributed by atoms with Crippen LogP contribution in [0, 0.1) is 0 Å². The Hall–Kier alpha value is 0.408. The molecule has 6 nitrogen and oxygen atoms in total. The first-order valence-electron chi connectivity index (χ1n) is 3.35. The molecule has 0 aromatic heterocycles. The van der Waals surface area contributed by atoms with Gasteiger partial charge in [0.15, 0.2) is 0 Å². The summed E-state index contributed by atoms with van der Waals surface area (Å²) in [5, 5.41) is 0. The van der Waals surface area contributed by atoms with Gasteiger partial charge in [0.2, 0.25) is 0 Å². The van der Waals surface area contributed by atoms with Gasteiger partial charge >= 0.3 is 112 Å². The minimum Gasteiger partial charge on any atom is 1.00 e. The van der Waals surface area contributed by atoms with Crippen LogP contribution in [-0.2, 0) is 13.9 Å². The SMILES string of the molecule is O=S(=O)(O)c1ccc([As](=O)(O)O)cc1.[Na+]. The summed E-state index contributed by atoms with van der Waals surface area (Å²) < 4.78 is 57.7. The third kappa shape index (κ3) is 4.42. The van der Waals surface area contributed by atoms with Gasteiger partial charge in [0, 0.05) is 0 Å². The monoisotopic (exact) mass is 305 g/mol. The molecule has 0 radical (unpaired) electrons. The zero-order valence-electron chi connectivity index (χ0n) is 7.73. The normalized spacial score (nSPS) is 11.9. The number of hydrogen-bond donors (Lipinski definition) is 3. The van der Waals surface area contributed by atoms with Crippen molar-refractivity contribution in [2.75, 3.05) is 0 Å². The smallest absolute Gasteiger partial charge is 1.00 e. The van der Waals surface area contributed by atoms with Gasteiger partial charge in [-0.3, -0.25) is 0 Å². The average molecular weight is 305 g/mol. The van der Waals surface area contributed by atoms with Gasteiger partial charge in [-0.05, 0) is 0 Å². The molecule has 0 amide bonds. The van der Waals surface area contributed by atoms with E-state index in [-0.39, 0.29) is 33.9 Å². The summed E-state index contributed by atoms with van der Waals surface area (Å²) in [5.41, 5.74) is 0. The molecular formula is C6H7AsNaO6S+. The summed E-state index contributed by atoms with van der Waals surface area (Å²) in [7, 11) is -4.31. The Bertz CT molecular complexity index is 475. The second-order valence-corrected chi connectivity index (χ2v) is 7.30. The van der Waals surface area contributed by atoms with Crippen LogP contribution in [-0.4, -0.2) is 35.3 Å². The number of rotatable bonds is 2. The van der Waals surface area contributed by atoms with E-state index < -0.39 is 29.2 Å². The minimum atomic E-state index is -4.97. The molecule has 0 bridgehead atoms. The van der Waals surface area contributed by atoms with Crippen molar-refractivity contribution in [1.82, 2.24) is 0 Å². The fourth-order valence-corrected chi connectivity index (χ4v) is 2.42. The summed E-state index contributed by atoms with van der Waals surface area (Å²) in [6, 6.07) is 3.82. The zero-order valence-corrected chi connectivity index (χ0v) is 12.4. The van der Waals surface area contributed by atoms with Crippen molar-refractivity contribution in [1.29, 1.82) is 0 Å². The second kappa shape index (κ2) is 5.16. The second-order valence-electron chi connectivity index (χ2n) is 2.51. The van der Waals surface area contributed by atoms with E-state index in [1.165, 1.54) is 0 Å². The topological polar surface area (TPSA) is 112 Å². The molecule has 1 aromatic rings. The average Bonchev–Trinajstić information content (AvgIpc) is 2.01. The first kappa shape index (κ1) is 15.4. The maximum absolute atomic E-state index is 10.7. The predicted molar refractivity (Wildman–Crippen MR) is 46.8 cm³/mol. The molecular weight excluding hydrogens is 298 g/mol. The van der Waals surface area contributed by atoms with Gasteiger partial charge in [0.25, 0.3) is 0 Å². The van der Waals surface area contributed by atoms with E-state index >= 15 is 0 Å². The third-order valence-electron chi connectivity index (χ3n) is 1.47. The van der Waals surface area contributed by atoms with E-state index in [2.05, 4.69) is 0 Å². The Morgan fingerprint density at radius 1 is 1.07 bits per heavy atom. The molecule has 1 aromatic carbocycles. The van der Waals surface area contributed by atoms with Gasteiger partial charge < -0.3 is 0 Å². The molecule has 0 spiro atoms. The van der Waals surface area contributed by atoms with Crippen molar-refractivity contribution in [3.05, 3.63) is 24.3 Å². The maximum atomic E-state index is 10.7. The summed E-state index contributed by atoms with van der Waals surface area (Å²) in [6.45, 7) is 0. The molecule has 0 atom stereocenters. The Morgan fingerprint density at radius 3 is 1.73 bits per heavy atom. The molecule has 0 saturated heterocycles. The zero-order chi connectivity index (χ0) is 11.0. The largest absolute Gasteiger partial charge is 1.00 e. The molecule has 78 valence electrons. The Morgan fingerprint density at radius 2 is 1.47 bits per heavy atom. The molecule has 0 aliphatic rings. The molecule has 0 heterocycles. The van der Waals surface area contributed by atoms with Crippen LogP contribution in [0.4, 0.5) is 0 Å². The van der Waals surface area contributed by atoms with Gasteiger partial charge in [-0.1, -0.05) is 0 Å². The molecule has 9 heteroatoms. The minimum absolute atomic E-state index is 0. The number of benzene rings is 1. The van der Waals surface area contributed by atoms with Crippen LogP contribution < -0.4 is 33.9 Å². The van der Waals surface area contributed by atoms with Crippen LogP contribution >= 0.6 is 0 Å². The van der Waals surface area contributed by atoms with Gasteiger partial charge in [0.1, 0.15) is 0 Å². The molecule has 3 N–H and O–H groups in total. The van der Waals surface area contributed by atoms with Crippen molar-refractivity contribution in [3.8, 4) is 0 Å². The van der Waals surface area contributed by atoms with E-state index in [0.29, 0.717) is 0 Å². The van der Waals surface area contributed by atoms with Crippen molar-refractivity contribution < 1.29 is 54.5 Å². The van der Waals surface area contributed by atoms with Crippen molar-refractivity contribution in [2.45, 2.75) is 4.90 Å². The van der Waals surface area contributed by atoms with Gasteiger partial charge in [-0.15, -0.1) is 0 Å². The molecule has 0 fully saturated rings. The third-order valence-corrected chi connectivity index (χ3v) is 4.38. The Balaban J connectivity index is 0.00000196.